The van der Waals surface area contributed by atoms with Crippen LogP contribution in [0.1, 0.15) is 24.7 Å². The van der Waals surface area contributed by atoms with E-state index in [9.17, 15) is 5.11 Å². The average Bonchev–Trinajstić information content (AvgIpc) is 3.06. The largest absolute Gasteiger partial charge is 0.391 e. The maximum absolute atomic E-state index is 10.5. The second-order valence-corrected chi connectivity index (χ2v) is 6.56. The lowest BCUT2D eigenvalue weighted by molar-refractivity contribution is 0.168. The molecule has 3 rings (SSSR count). The first kappa shape index (κ1) is 13.7. The topological polar surface area (TPSA) is 38.0 Å². The Morgan fingerprint density at radius 1 is 1.45 bits per heavy atom. The van der Waals surface area contributed by atoms with Gasteiger partial charge in [-0.3, -0.25) is 0 Å². The van der Waals surface area contributed by atoms with Crippen LogP contribution in [0.15, 0.2) is 41.6 Å². The van der Waals surface area contributed by atoms with E-state index in [1.54, 1.807) is 11.8 Å². The molecule has 0 saturated carbocycles. The van der Waals surface area contributed by atoms with Crippen LogP contribution in [0.4, 0.5) is 0 Å². The molecule has 3 nitrogen and oxygen atoms in total. The lowest BCUT2D eigenvalue weighted by Crippen LogP contribution is -2.26. The lowest BCUT2D eigenvalue weighted by Gasteiger charge is -2.17. The molecular formula is C16H20N2OS. The molecule has 1 aliphatic rings. The molecule has 0 fully saturated rings. The summed E-state index contributed by atoms with van der Waals surface area (Å²) in [5.74, 6) is 0.996. The summed E-state index contributed by atoms with van der Waals surface area (Å²) < 4.78 is 2.15. The number of aryl methyl sites for hydroxylation is 1. The predicted molar refractivity (Wildman–Crippen MR) is 82.0 cm³/mol. The van der Waals surface area contributed by atoms with Crippen molar-refractivity contribution in [1.82, 2.24) is 9.55 Å². The van der Waals surface area contributed by atoms with Crippen LogP contribution >= 0.6 is 11.8 Å². The van der Waals surface area contributed by atoms with Crippen LogP contribution in [0.2, 0.25) is 0 Å². The van der Waals surface area contributed by atoms with E-state index in [2.05, 4.69) is 40.7 Å². The quantitative estimate of drug-likeness (QED) is 0.919. The third-order valence-corrected chi connectivity index (χ3v) is 5.19. The van der Waals surface area contributed by atoms with E-state index in [-0.39, 0.29) is 11.4 Å². The molecule has 0 bridgehead atoms. The molecule has 4 heteroatoms. The Labute approximate surface area is 124 Å². The number of benzene rings is 1. The van der Waals surface area contributed by atoms with Gasteiger partial charge in [-0.1, -0.05) is 25.1 Å². The highest BCUT2D eigenvalue weighted by Gasteiger charge is 2.28. The van der Waals surface area contributed by atoms with Crippen molar-refractivity contribution >= 4 is 11.8 Å². The summed E-state index contributed by atoms with van der Waals surface area (Å²) in [6.45, 7) is 3.13. The second kappa shape index (κ2) is 6.02. The number of fused-ring (bicyclic) bond motifs is 1. The molecule has 106 valence electrons. The minimum absolute atomic E-state index is 0.249. The zero-order chi connectivity index (χ0) is 13.9. The molecule has 1 aromatic heterocycles. The van der Waals surface area contributed by atoms with Crippen molar-refractivity contribution in [3.8, 4) is 0 Å². The van der Waals surface area contributed by atoms with Gasteiger partial charge in [-0.05, 0) is 24.5 Å². The third kappa shape index (κ3) is 2.76. The van der Waals surface area contributed by atoms with E-state index in [0.29, 0.717) is 6.42 Å². The molecule has 2 unspecified atom stereocenters. The van der Waals surface area contributed by atoms with Crippen molar-refractivity contribution in [2.75, 3.05) is 0 Å². The van der Waals surface area contributed by atoms with Crippen LogP contribution in [0.3, 0.4) is 0 Å². The van der Waals surface area contributed by atoms with Crippen molar-refractivity contribution in [3.05, 3.63) is 48.0 Å². The van der Waals surface area contributed by atoms with Crippen LogP contribution in [0.5, 0.6) is 0 Å². The van der Waals surface area contributed by atoms with Crippen molar-refractivity contribution in [3.63, 3.8) is 0 Å². The predicted octanol–water partition coefficient (Wildman–Crippen LogP) is 2.91. The van der Waals surface area contributed by atoms with Crippen molar-refractivity contribution < 1.29 is 5.11 Å². The number of aromatic nitrogens is 2. The van der Waals surface area contributed by atoms with E-state index < -0.39 is 0 Å². The molecule has 2 heterocycles. The molecular weight excluding hydrogens is 268 g/mol. The fourth-order valence-electron chi connectivity index (χ4n) is 2.72. The van der Waals surface area contributed by atoms with Gasteiger partial charge in [-0.25, -0.2) is 4.98 Å². The Balaban J connectivity index is 1.66. The molecule has 2 atom stereocenters. The highest BCUT2D eigenvalue weighted by Crippen LogP contribution is 2.38. The maximum atomic E-state index is 10.5. The lowest BCUT2D eigenvalue weighted by atomic mass is 10.0. The third-order valence-electron chi connectivity index (χ3n) is 3.76. The summed E-state index contributed by atoms with van der Waals surface area (Å²) in [5.41, 5.74) is 1.36. The molecule has 1 N–H and O–H groups in total. The molecule has 0 spiro atoms. The van der Waals surface area contributed by atoms with E-state index in [4.69, 9.17) is 0 Å². The van der Waals surface area contributed by atoms with Crippen LogP contribution in [0, 0.1) is 0 Å². The van der Waals surface area contributed by atoms with Crippen LogP contribution in [-0.4, -0.2) is 26.0 Å². The Morgan fingerprint density at radius 3 is 3.10 bits per heavy atom. The van der Waals surface area contributed by atoms with Gasteiger partial charge in [0.25, 0.3) is 0 Å². The van der Waals surface area contributed by atoms with Crippen LogP contribution in [0.25, 0.3) is 0 Å². The summed E-state index contributed by atoms with van der Waals surface area (Å²) in [4.78, 5) is 5.70. The van der Waals surface area contributed by atoms with Crippen LogP contribution < -0.4 is 0 Å². The van der Waals surface area contributed by atoms with Gasteiger partial charge in [0.2, 0.25) is 0 Å². The van der Waals surface area contributed by atoms with Gasteiger partial charge in [0.1, 0.15) is 5.82 Å². The summed E-state index contributed by atoms with van der Waals surface area (Å²) >= 11 is 1.80. The molecule has 1 aliphatic heterocycles. The van der Waals surface area contributed by atoms with Crippen molar-refractivity contribution in [2.45, 2.75) is 49.0 Å². The van der Waals surface area contributed by atoms with Gasteiger partial charge in [0.15, 0.2) is 0 Å². The number of hydrogen-bond donors (Lipinski definition) is 1. The van der Waals surface area contributed by atoms with Gasteiger partial charge in [-0.2, -0.15) is 0 Å². The Bertz CT molecular complexity index is 556. The number of aliphatic hydroxyl groups excluding tert-OH is 1. The first-order chi connectivity index (χ1) is 9.78. The van der Waals surface area contributed by atoms with Crippen molar-refractivity contribution in [2.24, 2.45) is 0 Å². The molecule has 0 aliphatic carbocycles. The Kier molecular flexibility index (Phi) is 4.13. The van der Waals surface area contributed by atoms with Gasteiger partial charge < -0.3 is 9.67 Å². The normalized spacial score (nSPS) is 19.0. The first-order valence-corrected chi connectivity index (χ1v) is 8.08. The van der Waals surface area contributed by atoms with Crippen molar-refractivity contribution in [1.29, 1.82) is 0 Å². The number of nitrogens with zero attached hydrogens (tertiary/aromatic N) is 2. The summed E-state index contributed by atoms with van der Waals surface area (Å²) in [6.07, 6.45) is 6.17. The summed E-state index contributed by atoms with van der Waals surface area (Å²) in [5, 5.41) is 10.8. The van der Waals surface area contributed by atoms with E-state index in [1.807, 2.05) is 12.4 Å². The number of hydrogen-bond acceptors (Lipinski definition) is 3. The van der Waals surface area contributed by atoms with Gasteiger partial charge in [0.05, 0.1) is 6.10 Å². The maximum Gasteiger partial charge on any atom is 0.111 e. The highest BCUT2D eigenvalue weighted by molar-refractivity contribution is 8.00. The zero-order valence-electron chi connectivity index (χ0n) is 11.7. The first-order valence-electron chi connectivity index (χ1n) is 7.20. The minimum Gasteiger partial charge on any atom is -0.391 e. The molecule has 1 aromatic carbocycles. The van der Waals surface area contributed by atoms with E-state index in [0.717, 1.165) is 25.2 Å². The SMILES string of the molecule is CCCn1ccnc1CC(O)C1Cc2ccccc2S1. The minimum atomic E-state index is -0.342. The molecule has 0 saturated heterocycles. The fraction of sp³-hybridized carbons (Fsp3) is 0.438. The highest BCUT2D eigenvalue weighted by atomic mass is 32.2. The number of thioether (sulfide) groups is 1. The van der Waals surface area contributed by atoms with Gasteiger partial charge >= 0.3 is 0 Å². The standard InChI is InChI=1S/C16H20N2OS/c1-2-8-18-9-7-17-16(18)11-13(19)15-10-12-5-3-4-6-14(12)20-15/h3-7,9,13,15,19H,2,8,10-11H2,1H3. The van der Waals surface area contributed by atoms with E-state index in [1.165, 1.54) is 10.5 Å². The zero-order valence-corrected chi connectivity index (χ0v) is 12.5. The number of aliphatic hydroxyl groups is 1. The number of rotatable bonds is 5. The summed E-state index contributed by atoms with van der Waals surface area (Å²) in [7, 11) is 0. The molecule has 20 heavy (non-hydrogen) atoms. The monoisotopic (exact) mass is 288 g/mol. The smallest absolute Gasteiger partial charge is 0.111 e. The second-order valence-electron chi connectivity index (χ2n) is 5.28. The number of imidazole rings is 1. The van der Waals surface area contributed by atoms with Crippen LogP contribution in [-0.2, 0) is 19.4 Å². The van der Waals surface area contributed by atoms with Gasteiger partial charge in [-0.15, -0.1) is 11.8 Å². The van der Waals surface area contributed by atoms with E-state index >= 15 is 0 Å². The molecule has 0 radical (unpaired) electrons. The Morgan fingerprint density at radius 2 is 2.30 bits per heavy atom. The molecule has 0 amide bonds. The fourth-order valence-corrected chi connectivity index (χ4v) is 4.02. The Hall–Kier alpha value is -1.26. The molecule has 2 aromatic rings. The average molecular weight is 288 g/mol. The van der Waals surface area contributed by atoms with Gasteiger partial charge in [0, 0.05) is 35.5 Å². The summed E-state index contributed by atoms with van der Waals surface area (Å²) in [6, 6.07) is 8.44.